The molecule has 3 heterocycles. The zero-order valence-corrected chi connectivity index (χ0v) is 10.9. The van der Waals surface area contributed by atoms with Crippen LogP contribution < -0.4 is 16.0 Å². The van der Waals surface area contributed by atoms with Crippen molar-refractivity contribution in [1.82, 2.24) is 15.2 Å². The van der Waals surface area contributed by atoms with Gasteiger partial charge in [-0.3, -0.25) is 14.7 Å². The van der Waals surface area contributed by atoms with Crippen molar-refractivity contribution in [1.29, 1.82) is 0 Å². The van der Waals surface area contributed by atoms with Crippen LogP contribution in [0.2, 0.25) is 0 Å². The second-order valence-electron chi connectivity index (χ2n) is 5.10. The van der Waals surface area contributed by atoms with Gasteiger partial charge in [0, 0.05) is 57.2 Å². The molecule has 2 aliphatic heterocycles. The van der Waals surface area contributed by atoms with Crippen molar-refractivity contribution in [2.24, 2.45) is 5.73 Å². The number of amides is 1. The number of piperazine rings is 1. The van der Waals surface area contributed by atoms with E-state index in [2.05, 4.69) is 20.1 Å². The Kier molecular flexibility index (Phi) is 3.35. The smallest absolute Gasteiger partial charge is 0.267 e. The molecule has 2 fully saturated rings. The van der Waals surface area contributed by atoms with Gasteiger partial charge in [0.2, 0.25) is 0 Å². The molecule has 1 aromatic rings. The van der Waals surface area contributed by atoms with E-state index < -0.39 is 5.91 Å². The second-order valence-corrected chi connectivity index (χ2v) is 5.10. The molecule has 102 valence electrons. The fraction of sp³-hybridized carbons (Fsp3) is 0.538. The predicted molar refractivity (Wildman–Crippen MR) is 73.2 cm³/mol. The van der Waals surface area contributed by atoms with E-state index in [9.17, 15) is 4.79 Å². The average Bonchev–Trinajstić information content (AvgIpc) is 2.38. The molecule has 0 radical (unpaired) electrons. The number of rotatable bonds is 3. The maximum absolute atomic E-state index is 11.1. The lowest BCUT2D eigenvalue weighted by molar-refractivity contribution is 0.0995. The molecule has 0 saturated carbocycles. The Hall–Kier alpha value is -1.66. The monoisotopic (exact) mass is 261 g/mol. The number of nitrogens with two attached hydrogens (primary N) is 1. The third-order valence-corrected chi connectivity index (χ3v) is 3.95. The molecule has 0 bridgehead atoms. The van der Waals surface area contributed by atoms with Crippen LogP contribution in [0.25, 0.3) is 0 Å². The standard InChI is InChI=1S/C13H19N5O/c14-13(19)12-7-10(1-2-16-12)17-3-5-18(6-4-17)11-8-15-9-11/h1-2,7,11,15H,3-6,8-9H2,(H2,14,19). The van der Waals surface area contributed by atoms with Gasteiger partial charge in [-0.2, -0.15) is 0 Å². The molecule has 6 heteroatoms. The lowest BCUT2D eigenvalue weighted by Crippen LogP contribution is -2.61. The molecular formula is C13H19N5O. The van der Waals surface area contributed by atoms with Crippen LogP contribution in [0.5, 0.6) is 0 Å². The minimum Gasteiger partial charge on any atom is -0.369 e. The van der Waals surface area contributed by atoms with Crippen LogP contribution in [0.1, 0.15) is 10.5 Å². The molecule has 0 aliphatic carbocycles. The van der Waals surface area contributed by atoms with Crippen molar-refractivity contribution in [3.05, 3.63) is 24.0 Å². The number of carbonyl (C=O) groups excluding carboxylic acids is 1. The number of carbonyl (C=O) groups is 1. The number of nitrogens with zero attached hydrogens (tertiary/aromatic N) is 3. The van der Waals surface area contributed by atoms with Gasteiger partial charge in [0.25, 0.3) is 5.91 Å². The van der Waals surface area contributed by atoms with E-state index in [0.717, 1.165) is 45.0 Å². The second kappa shape index (κ2) is 5.14. The normalized spacial score (nSPS) is 21.2. The first-order chi connectivity index (χ1) is 9.24. The van der Waals surface area contributed by atoms with Crippen molar-refractivity contribution >= 4 is 11.6 Å². The number of primary amides is 1. The number of pyridine rings is 1. The maximum atomic E-state index is 11.1. The molecule has 3 rings (SSSR count). The van der Waals surface area contributed by atoms with Crippen molar-refractivity contribution in [2.45, 2.75) is 6.04 Å². The topological polar surface area (TPSA) is 74.5 Å². The van der Waals surface area contributed by atoms with Crippen molar-refractivity contribution in [3.8, 4) is 0 Å². The van der Waals surface area contributed by atoms with Crippen molar-refractivity contribution in [2.75, 3.05) is 44.2 Å². The van der Waals surface area contributed by atoms with Gasteiger partial charge in [-0.05, 0) is 12.1 Å². The van der Waals surface area contributed by atoms with Gasteiger partial charge in [0.15, 0.2) is 0 Å². The summed E-state index contributed by atoms with van der Waals surface area (Å²) in [6.45, 7) is 6.33. The SMILES string of the molecule is NC(=O)c1cc(N2CCN(C3CNC3)CC2)ccn1. The summed E-state index contributed by atoms with van der Waals surface area (Å²) < 4.78 is 0. The molecule has 0 unspecified atom stereocenters. The summed E-state index contributed by atoms with van der Waals surface area (Å²) in [6, 6.07) is 4.43. The molecule has 3 N–H and O–H groups in total. The van der Waals surface area contributed by atoms with Crippen LogP contribution >= 0.6 is 0 Å². The first kappa shape index (κ1) is 12.4. The fourth-order valence-electron chi connectivity index (χ4n) is 2.63. The zero-order chi connectivity index (χ0) is 13.2. The Balaban J connectivity index is 1.64. The summed E-state index contributed by atoms with van der Waals surface area (Å²) in [5.74, 6) is -0.471. The fourth-order valence-corrected chi connectivity index (χ4v) is 2.63. The van der Waals surface area contributed by atoms with E-state index in [1.165, 1.54) is 0 Å². The summed E-state index contributed by atoms with van der Waals surface area (Å²) in [5.41, 5.74) is 6.64. The average molecular weight is 261 g/mol. The van der Waals surface area contributed by atoms with E-state index in [1.807, 2.05) is 6.07 Å². The van der Waals surface area contributed by atoms with Crippen LogP contribution in [0.3, 0.4) is 0 Å². The van der Waals surface area contributed by atoms with Crippen LogP contribution in [0.4, 0.5) is 5.69 Å². The molecule has 0 aromatic carbocycles. The van der Waals surface area contributed by atoms with Crippen LogP contribution in [0.15, 0.2) is 18.3 Å². The molecule has 19 heavy (non-hydrogen) atoms. The van der Waals surface area contributed by atoms with Gasteiger partial charge >= 0.3 is 0 Å². The van der Waals surface area contributed by atoms with E-state index >= 15 is 0 Å². The number of aromatic nitrogens is 1. The maximum Gasteiger partial charge on any atom is 0.267 e. The lowest BCUT2D eigenvalue weighted by Gasteiger charge is -2.43. The Morgan fingerprint density at radius 3 is 2.63 bits per heavy atom. The number of hydrogen-bond donors (Lipinski definition) is 2. The van der Waals surface area contributed by atoms with Crippen molar-refractivity contribution in [3.63, 3.8) is 0 Å². The molecule has 2 aliphatic rings. The lowest BCUT2D eigenvalue weighted by atomic mass is 10.1. The quantitative estimate of drug-likeness (QED) is 0.751. The molecule has 1 amide bonds. The highest BCUT2D eigenvalue weighted by Gasteiger charge is 2.27. The number of anilines is 1. The predicted octanol–water partition coefficient (Wildman–Crippen LogP) is -0.726. The van der Waals surface area contributed by atoms with Gasteiger partial charge in [-0.1, -0.05) is 0 Å². The van der Waals surface area contributed by atoms with Gasteiger partial charge < -0.3 is 16.0 Å². The van der Waals surface area contributed by atoms with Gasteiger partial charge in [0.05, 0.1) is 0 Å². The molecule has 6 nitrogen and oxygen atoms in total. The van der Waals surface area contributed by atoms with Gasteiger partial charge in [-0.25, -0.2) is 0 Å². The third-order valence-electron chi connectivity index (χ3n) is 3.95. The Labute approximate surface area is 112 Å². The summed E-state index contributed by atoms with van der Waals surface area (Å²) in [4.78, 5) is 19.9. The zero-order valence-electron chi connectivity index (χ0n) is 10.9. The van der Waals surface area contributed by atoms with Crippen LogP contribution in [-0.4, -0.2) is 61.1 Å². The molecule has 2 saturated heterocycles. The summed E-state index contributed by atoms with van der Waals surface area (Å²) in [6.07, 6.45) is 1.65. The van der Waals surface area contributed by atoms with Gasteiger partial charge in [0.1, 0.15) is 5.69 Å². The van der Waals surface area contributed by atoms with Crippen LogP contribution in [0, 0.1) is 0 Å². The first-order valence-electron chi connectivity index (χ1n) is 6.69. The number of hydrogen-bond acceptors (Lipinski definition) is 5. The van der Waals surface area contributed by atoms with E-state index in [4.69, 9.17) is 5.73 Å². The van der Waals surface area contributed by atoms with Crippen molar-refractivity contribution < 1.29 is 4.79 Å². The minimum atomic E-state index is -0.471. The highest BCUT2D eigenvalue weighted by Crippen LogP contribution is 2.18. The number of nitrogens with one attached hydrogen (secondary N) is 1. The Morgan fingerprint density at radius 1 is 1.32 bits per heavy atom. The summed E-state index contributed by atoms with van der Waals surface area (Å²) >= 11 is 0. The highest BCUT2D eigenvalue weighted by molar-refractivity contribution is 5.91. The first-order valence-corrected chi connectivity index (χ1v) is 6.69. The highest BCUT2D eigenvalue weighted by atomic mass is 16.1. The Morgan fingerprint density at radius 2 is 2.05 bits per heavy atom. The van der Waals surface area contributed by atoms with E-state index in [-0.39, 0.29) is 0 Å². The summed E-state index contributed by atoms with van der Waals surface area (Å²) in [5, 5.41) is 3.31. The summed E-state index contributed by atoms with van der Waals surface area (Å²) in [7, 11) is 0. The van der Waals surface area contributed by atoms with Gasteiger partial charge in [-0.15, -0.1) is 0 Å². The minimum absolute atomic E-state index is 0.336. The van der Waals surface area contributed by atoms with E-state index in [0.29, 0.717) is 11.7 Å². The largest absolute Gasteiger partial charge is 0.369 e. The molecule has 1 aromatic heterocycles. The Bertz CT molecular complexity index is 466. The van der Waals surface area contributed by atoms with Crippen LogP contribution in [-0.2, 0) is 0 Å². The third kappa shape index (κ3) is 2.54. The molecule has 0 spiro atoms. The van der Waals surface area contributed by atoms with E-state index in [1.54, 1.807) is 12.3 Å². The molecule has 0 atom stereocenters. The molecular weight excluding hydrogens is 242 g/mol.